The number of unbranched alkanes of at least 4 members (excludes halogenated alkanes) is 2. The molecular formula is C12H22O3. The molecule has 0 bridgehead atoms. The topological polar surface area (TPSA) is 46.5 Å². The summed E-state index contributed by atoms with van der Waals surface area (Å²) in [5, 5.41) is 9.62. The molecular weight excluding hydrogens is 192 g/mol. The molecule has 0 fully saturated rings. The SMILES string of the molecule is C=C(CC(=O)OC)C[C@@H](O)CCCCC. The van der Waals surface area contributed by atoms with Crippen molar-refractivity contribution in [2.45, 2.75) is 51.6 Å². The van der Waals surface area contributed by atoms with Gasteiger partial charge in [-0.25, -0.2) is 0 Å². The van der Waals surface area contributed by atoms with Crippen LogP contribution in [-0.2, 0) is 9.53 Å². The van der Waals surface area contributed by atoms with Crippen LogP contribution < -0.4 is 0 Å². The quantitative estimate of drug-likeness (QED) is 0.383. The van der Waals surface area contributed by atoms with Crippen LogP contribution in [0.15, 0.2) is 12.2 Å². The Balaban J connectivity index is 3.62. The van der Waals surface area contributed by atoms with Gasteiger partial charge in [0.05, 0.1) is 19.6 Å². The molecule has 1 N–H and O–H groups in total. The minimum Gasteiger partial charge on any atom is -0.469 e. The lowest BCUT2D eigenvalue weighted by molar-refractivity contribution is -0.139. The molecule has 1 atom stereocenters. The highest BCUT2D eigenvalue weighted by Gasteiger charge is 2.09. The van der Waals surface area contributed by atoms with Crippen LogP contribution in [0.25, 0.3) is 0 Å². The van der Waals surface area contributed by atoms with Crippen LogP contribution in [0.3, 0.4) is 0 Å². The van der Waals surface area contributed by atoms with Gasteiger partial charge in [-0.1, -0.05) is 38.3 Å². The summed E-state index contributed by atoms with van der Waals surface area (Å²) < 4.78 is 4.52. The van der Waals surface area contributed by atoms with Crippen molar-refractivity contribution < 1.29 is 14.6 Å². The molecule has 0 spiro atoms. The highest BCUT2D eigenvalue weighted by molar-refractivity contribution is 5.72. The number of rotatable bonds is 8. The Labute approximate surface area is 92.1 Å². The Morgan fingerprint density at radius 2 is 2.13 bits per heavy atom. The van der Waals surface area contributed by atoms with Gasteiger partial charge >= 0.3 is 5.97 Å². The van der Waals surface area contributed by atoms with Crippen LogP contribution >= 0.6 is 0 Å². The molecule has 88 valence electrons. The third-order valence-electron chi connectivity index (χ3n) is 2.29. The van der Waals surface area contributed by atoms with E-state index in [0.717, 1.165) is 31.3 Å². The first-order chi connectivity index (χ1) is 7.10. The van der Waals surface area contributed by atoms with Crippen LogP contribution in [-0.4, -0.2) is 24.3 Å². The van der Waals surface area contributed by atoms with E-state index >= 15 is 0 Å². The van der Waals surface area contributed by atoms with Crippen LogP contribution in [0.4, 0.5) is 0 Å². The van der Waals surface area contributed by atoms with Gasteiger partial charge in [-0.05, 0) is 12.8 Å². The van der Waals surface area contributed by atoms with Crippen molar-refractivity contribution in [2.75, 3.05) is 7.11 Å². The van der Waals surface area contributed by atoms with Gasteiger partial charge in [-0.3, -0.25) is 4.79 Å². The van der Waals surface area contributed by atoms with Gasteiger partial charge in [-0.2, -0.15) is 0 Å². The fourth-order valence-electron chi connectivity index (χ4n) is 1.41. The number of aliphatic hydroxyl groups excluding tert-OH is 1. The van der Waals surface area contributed by atoms with Gasteiger partial charge in [-0.15, -0.1) is 0 Å². The van der Waals surface area contributed by atoms with E-state index in [2.05, 4.69) is 18.2 Å². The van der Waals surface area contributed by atoms with Crippen molar-refractivity contribution in [1.29, 1.82) is 0 Å². The smallest absolute Gasteiger partial charge is 0.309 e. The number of hydrogen-bond acceptors (Lipinski definition) is 3. The molecule has 0 aliphatic heterocycles. The van der Waals surface area contributed by atoms with Crippen LogP contribution in [0.5, 0.6) is 0 Å². The fraction of sp³-hybridized carbons (Fsp3) is 0.750. The molecule has 0 rings (SSSR count). The summed E-state index contributed by atoms with van der Waals surface area (Å²) in [7, 11) is 1.35. The molecule has 0 heterocycles. The number of aliphatic hydroxyl groups is 1. The Morgan fingerprint density at radius 3 is 2.67 bits per heavy atom. The zero-order valence-electron chi connectivity index (χ0n) is 9.79. The van der Waals surface area contributed by atoms with E-state index in [4.69, 9.17) is 0 Å². The first kappa shape index (κ1) is 14.2. The summed E-state index contributed by atoms with van der Waals surface area (Å²) >= 11 is 0. The number of methoxy groups -OCH3 is 1. The summed E-state index contributed by atoms with van der Waals surface area (Å²) in [6.45, 7) is 5.88. The van der Waals surface area contributed by atoms with Crippen molar-refractivity contribution in [3.63, 3.8) is 0 Å². The van der Waals surface area contributed by atoms with Gasteiger partial charge in [0, 0.05) is 0 Å². The van der Waals surface area contributed by atoms with E-state index < -0.39 is 0 Å². The lowest BCUT2D eigenvalue weighted by Gasteiger charge is -2.11. The van der Waals surface area contributed by atoms with Crippen molar-refractivity contribution in [3.05, 3.63) is 12.2 Å². The standard InChI is InChI=1S/C12H22O3/c1-4-5-6-7-11(13)8-10(2)9-12(14)15-3/h11,13H,2,4-9H2,1,3H3/t11-/m0/s1. The minimum absolute atomic E-state index is 0.210. The first-order valence-electron chi connectivity index (χ1n) is 5.51. The van der Waals surface area contributed by atoms with Crippen molar-refractivity contribution in [3.8, 4) is 0 Å². The van der Waals surface area contributed by atoms with Crippen LogP contribution in [0, 0.1) is 0 Å². The maximum Gasteiger partial charge on any atom is 0.309 e. The molecule has 0 unspecified atom stereocenters. The summed E-state index contributed by atoms with van der Waals surface area (Å²) in [6, 6.07) is 0. The maximum atomic E-state index is 10.9. The predicted molar refractivity (Wildman–Crippen MR) is 60.5 cm³/mol. The molecule has 0 aromatic carbocycles. The third kappa shape index (κ3) is 8.18. The normalized spacial score (nSPS) is 12.2. The van der Waals surface area contributed by atoms with Crippen LogP contribution in [0.2, 0.25) is 0 Å². The van der Waals surface area contributed by atoms with E-state index in [0.29, 0.717) is 6.42 Å². The summed E-state index contributed by atoms with van der Waals surface area (Å²) in [5.41, 5.74) is 0.742. The zero-order chi connectivity index (χ0) is 11.7. The maximum absolute atomic E-state index is 10.9. The monoisotopic (exact) mass is 214 g/mol. The second-order valence-electron chi connectivity index (χ2n) is 3.86. The Bertz CT molecular complexity index is 199. The average molecular weight is 214 g/mol. The number of hydrogen-bond donors (Lipinski definition) is 1. The van der Waals surface area contributed by atoms with E-state index in [1.165, 1.54) is 7.11 Å². The highest BCUT2D eigenvalue weighted by atomic mass is 16.5. The van der Waals surface area contributed by atoms with E-state index in [9.17, 15) is 9.90 Å². The first-order valence-corrected chi connectivity index (χ1v) is 5.51. The van der Waals surface area contributed by atoms with Gasteiger partial charge in [0.25, 0.3) is 0 Å². The number of carbonyl (C=O) groups is 1. The molecule has 0 aliphatic rings. The number of carbonyl (C=O) groups excluding carboxylic acids is 1. The zero-order valence-corrected chi connectivity index (χ0v) is 9.79. The fourth-order valence-corrected chi connectivity index (χ4v) is 1.41. The molecule has 0 aromatic heterocycles. The van der Waals surface area contributed by atoms with Crippen molar-refractivity contribution in [1.82, 2.24) is 0 Å². The Kier molecular flexibility index (Phi) is 8.01. The lowest BCUT2D eigenvalue weighted by Crippen LogP contribution is -2.10. The molecule has 0 aliphatic carbocycles. The second-order valence-corrected chi connectivity index (χ2v) is 3.86. The highest BCUT2D eigenvalue weighted by Crippen LogP contribution is 2.13. The number of ether oxygens (including phenoxy) is 1. The van der Waals surface area contributed by atoms with E-state index in [-0.39, 0.29) is 18.5 Å². The molecule has 0 aromatic rings. The van der Waals surface area contributed by atoms with Crippen molar-refractivity contribution >= 4 is 5.97 Å². The second kappa shape index (κ2) is 8.48. The minimum atomic E-state index is -0.367. The van der Waals surface area contributed by atoms with Crippen molar-refractivity contribution in [2.24, 2.45) is 0 Å². The average Bonchev–Trinajstić information content (AvgIpc) is 2.17. The molecule has 0 radical (unpaired) electrons. The molecule has 3 nitrogen and oxygen atoms in total. The molecule has 15 heavy (non-hydrogen) atoms. The summed E-state index contributed by atoms with van der Waals surface area (Å²) in [4.78, 5) is 10.9. The molecule has 3 heteroatoms. The van der Waals surface area contributed by atoms with E-state index in [1.807, 2.05) is 0 Å². The van der Waals surface area contributed by atoms with Gasteiger partial charge in [0.15, 0.2) is 0 Å². The van der Waals surface area contributed by atoms with Gasteiger partial charge in [0.2, 0.25) is 0 Å². The third-order valence-corrected chi connectivity index (χ3v) is 2.29. The van der Waals surface area contributed by atoms with Gasteiger partial charge in [0.1, 0.15) is 0 Å². The lowest BCUT2D eigenvalue weighted by atomic mass is 10.0. The summed E-state index contributed by atoms with van der Waals surface area (Å²) in [5.74, 6) is -0.291. The Morgan fingerprint density at radius 1 is 1.47 bits per heavy atom. The summed E-state index contributed by atoms with van der Waals surface area (Å²) in [6.07, 6.45) is 4.45. The van der Waals surface area contributed by atoms with Gasteiger partial charge < -0.3 is 9.84 Å². The number of esters is 1. The largest absolute Gasteiger partial charge is 0.469 e. The Hall–Kier alpha value is -0.830. The van der Waals surface area contributed by atoms with E-state index in [1.54, 1.807) is 0 Å². The molecule has 0 saturated carbocycles. The van der Waals surface area contributed by atoms with Crippen LogP contribution in [0.1, 0.15) is 45.4 Å². The molecule has 0 saturated heterocycles. The molecule has 0 amide bonds. The predicted octanol–water partition coefficient (Wildman–Crippen LogP) is 2.44.